The molecule has 0 spiro atoms. The first-order valence-electron chi connectivity index (χ1n) is 5.23. The Hall–Kier alpha value is -0.0400. The standard InChI is InChI=1S/C11H24O/c1-6-10(12)11(7-2,8-3)9(4)5/h9-10,12H,6-8H2,1-5H3. The number of rotatable bonds is 5. The van der Waals surface area contributed by atoms with Crippen molar-refractivity contribution in [2.45, 2.75) is 60.0 Å². The first kappa shape index (κ1) is 12.0. The molecule has 0 aromatic rings. The van der Waals surface area contributed by atoms with Gasteiger partial charge in [-0.1, -0.05) is 34.6 Å². The van der Waals surface area contributed by atoms with Gasteiger partial charge in [-0.3, -0.25) is 0 Å². The fourth-order valence-corrected chi connectivity index (χ4v) is 2.33. The van der Waals surface area contributed by atoms with Crippen molar-refractivity contribution in [1.29, 1.82) is 0 Å². The first-order chi connectivity index (χ1) is 5.55. The number of hydrogen-bond donors (Lipinski definition) is 1. The Balaban J connectivity index is 4.56. The van der Waals surface area contributed by atoms with Gasteiger partial charge in [0.25, 0.3) is 0 Å². The van der Waals surface area contributed by atoms with E-state index in [2.05, 4.69) is 34.6 Å². The molecule has 0 aromatic carbocycles. The van der Waals surface area contributed by atoms with E-state index in [1.165, 1.54) is 0 Å². The van der Waals surface area contributed by atoms with Gasteiger partial charge >= 0.3 is 0 Å². The molecule has 0 saturated carbocycles. The van der Waals surface area contributed by atoms with Crippen LogP contribution in [0.2, 0.25) is 0 Å². The van der Waals surface area contributed by atoms with Crippen molar-refractivity contribution in [2.75, 3.05) is 0 Å². The molecule has 0 heterocycles. The molecule has 74 valence electrons. The van der Waals surface area contributed by atoms with E-state index >= 15 is 0 Å². The molecule has 1 atom stereocenters. The maximum atomic E-state index is 9.94. The molecule has 0 aliphatic carbocycles. The van der Waals surface area contributed by atoms with Crippen molar-refractivity contribution < 1.29 is 5.11 Å². The summed E-state index contributed by atoms with van der Waals surface area (Å²) in [5.74, 6) is 0.572. The van der Waals surface area contributed by atoms with Gasteiger partial charge in [-0.15, -0.1) is 0 Å². The topological polar surface area (TPSA) is 20.2 Å². The van der Waals surface area contributed by atoms with Gasteiger partial charge in [0.15, 0.2) is 0 Å². The molecule has 1 N–H and O–H groups in total. The smallest absolute Gasteiger partial charge is 0.0596 e. The van der Waals surface area contributed by atoms with Crippen LogP contribution in [-0.4, -0.2) is 11.2 Å². The summed E-state index contributed by atoms with van der Waals surface area (Å²) in [5, 5.41) is 9.94. The largest absolute Gasteiger partial charge is 0.393 e. The average molecular weight is 172 g/mol. The third-order valence-electron chi connectivity index (χ3n) is 3.52. The number of hydrogen-bond acceptors (Lipinski definition) is 1. The zero-order valence-electron chi connectivity index (χ0n) is 9.22. The summed E-state index contributed by atoms with van der Waals surface area (Å²) >= 11 is 0. The first-order valence-corrected chi connectivity index (χ1v) is 5.23. The van der Waals surface area contributed by atoms with Gasteiger partial charge in [0.05, 0.1) is 6.10 Å². The van der Waals surface area contributed by atoms with Crippen molar-refractivity contribution >= 4 is 0 Å². The van der Waals surface area contributed by atoms with Crippen molar-refractivity contribution in [1.82, 2.24) is 0 Å². The molecule has 0 aliphatic heterocycles. The molecule has 0 rings (SSSR count). The molecule has 0 aliphatic rings. The summed E-state index contributed by atoms with van der Waals surface area (Å²) in [6, 6.07) is 0. The normalized spacial score (nSPS) is 15.2. The van der Waals surface area contributed by atoms with E-state index in [1.54, 1.807) is 0 Å². The molecule has 0 bridgehead atoms. The summed E-state index contributed by atoms with van der Waals surface area (Å²) in [5.41, 5.74) is 0.148. The lowest BCUT2D eigenvalue weighted by atomic mass is 9.68. The number of aliphatic hydroxyl groups excluding tert-OH is 1. The molecule has 1 nitrogen and oxygen atoms in total. The Kier molecular flexibility index (Phi) is 4.84. The summed E-state index contributed by atoms with van der Waals surface area (Å²) in [7, 11) is 0. The molecular weight excluding hydrogens is 148 g/mol. The summed E-state index contributed by atoms with van der Waals surface area (Å²) in [6.07, 6.45) is 2.90. The summed E-state index contributed by atoms with van der Waals surface area (Å²) < 4.78 is 0. The third kappa shape index (κ3) is 2.01. The summed E-state index contributed by atoms with van der Waals surface area (Å²) in [6.45, 7) is 10.9. The van der Waals surface area contributed by atoms with Crippen molar-refractivity contribution in [3.8, 4) is 0 Å². The fourth-order valence-electron chi connectivity index (χ4n) is 2.33. The van der Waals surface area contributed by atoms with E-state index in [-0.39, 0.29) is 11.5 Å². The van der Waals surface area contributed by atoms with Gasteiger partial charge in [-0.05, 0) is 30.6 Å². The summed E-state index contributed by atoms with van der Waals surface area (Å²) in [4.78, 5) is 0. The van der Waals surface area contributed by atoms with Crippen LogP contribution in [0, 0.1) is 11.3 Å². The average Bonchev–Trinajstić information content (AvgIpc) is 2.06. The minimum absolute atomic E-state index is 0.132. The van der Waals surface area contributed by atoms with Crippen LogP contribution in [0.5, 0.6) is 0 Å². The van der Waals surface area contributed by atoms with Gasteiger partial charge < -0.3 is 5.11 Å². The third-order valence-corrected chi connectivity index (χ3v) is 3.52. The number of aliphatic hydroxyl groups is 1. The Morgan fingerprint density at radius 3 is 1.58 bits per heavy atom. The van der Waals surface area contributed by atoms with Crippen molar-refractivity contribution in [3.63, 3.8) is 0 Å². The van der Waals surface area contributed by atoms with E-state index in [0.29, 0.717) is 5.92 Å². The molecule has 0 radical (unpaired) electrons. The minimum atomic E-state index is -0.132. The van der Waals surface area contributed by atoms with Gasteiger partial charge in [0.1, 0.15) is 0 Å². The molecule has 0 amide bonds. The fraction of sp³-hybridized carbons (Fsp3) is 1.00. The van der Waals surface area contributed by atoms with Crippen LogP contribution < -0.4 is 0 Å². The zero-order chi connectivity index (χ0) is 9.78. The Morgan fingerprint density at radius 1 is 1.08 bits per heavy atom. The molecule has 0 fully saturated rings. The second-order valence-corrected chi connectivity index (χ2v) is 4.02. The zero-order valence-corrected chi connectivity index (χ0v) is 9.22. The highest BCUT2D eigenvalue weighted by atomic mass is 16.3. The second kappa shape index (κ2) is 4.86. The van der Waals surface area contributed by atoms with Gasteiger partial charge in [-0.2, -0.15) is 0 Å². The van der Waals surface area contributed by atoms with Crippen molar-refractivity contribution in [2.24, 2.45) is 11.3 Å². The van der Waals surface area contributed by atoms with Gasteiger partial charge in [0.2, 0.25) is 0 Å². The Morgan fingerprint density at radius 2 is 1.50 bits per heavy atom. The molecule has 0 aromatic heterocycles. The highest BCUT2D eigenvalue weighted by molar-refractivity contribution is 4.86. The molecule has 0 saturated heterocycles. The monoisotopic (exact) mass is 172 g/mol. The Bertz CT molecular complexity index is 114. The van der Waals surface area contributed by atoms with E-state index in [9.17, 15) is 5.11 Å². The van der Waals surface area contributed by atoms with Crippen LogP contribution in [0.25, 0.3) is 0 Å². The predicted molar refractivity (Wildman–Crippen MR) is 54.2 cm³/mol. The highest BCUT2D eigenvalue weighted by Crippen LogP contribution is 2.39. The molecule has 12 heavy (non-hydrogen) atoms. The van der Waals surface area contributed by atoms with Crippen LogP contribution in [0.4, 0.5) is 0 Å². The maximum Gasteiger partial charge on any atom is 0.0596 e. The SMILES string of the molecule is CCC(O)C(CC)(CC)C(C)C. The van der Waals surface area contributed by atoms with Gasteiger partial charge in [-0.25, -0.2) is 0 Å². The van der Waals surface area contributed by atoms with Crippen LogP contribution in [-0.2, 0) is 0 Å². The van der Waals surface area contributed by atoms with Crippen LogP contribution >= 0.6 is 0 Å². The lowest BCUT2D eigenvalue weighted by Crippen LogP contribution is -2.38. The second-order valence-electron chi connectivity index (χ2n) is 4.02. The van der Waals surface area contributed by atoms with Crippen molar-refractivity contribution in [3.05, 3.63) is 0 Å². The quantitative estimate of drug-likeness (QED) is 0.675. The molecule has 1 unspecified atom stereocenters. The van der Waals surface area contributed by atoms with E-state index in [4.69, 9.17) is 0 Å². The van der Waals surface area contributed by atoms with E-state index in [1.807, 2.05) is 0 Å². The van der Waals surface area contributed by atoms with E-state index in [0.717, 1.165) is 19.3 Å². The van der Waals surface area contributed by atoms with Crippen LogP contribution in [0.1, 0.15) is 53.9 Å². The maximum absolute atomic E-state index is 9.94. The molecule has 1 heteroatoms. The van der Waals surface area contributed by atoms with Gasteiger partial charge in [0, 0.05) is 0 Å². The van der Waals surface area contributed by atoms with Crippen LogP contribution in [0.3, 0.4) is 0 Å². The predicted octanol–water partition coefficient (Wildman–Crippen LogP) is 3.22. The van der Waals surface area contributed by atoms with Crippen LogP contribution in [0.15, 0.2) is 0 Å². The molecular formula is C11H24O. The Labute approximate surface area is 77.2 Å². The lowest BCUT2D eigenvalue weighted by Gasteiger charge is -2.40. The lowest BCUT2D eigenvalue weighted by molar-refractivity contribution is -0.0194. The van der Waals surface area contributed by atoms with E-state index < -0.39 is 0 Å². The minimum Gasteiger partial charge on any atom is -0.393 e. The highest BCUT2D eigenvalue weighted by Gasteiger charge is 2.36.